The number of imide groups is 1. The first-order chi connectivity index (χ1) is 17.6. The van der Waals surface area contributed by atoms with Crippen molar-refractivity contribution < 1.29 is 9.59 Å². The van der Waals surface area contributed by atoms with Gasteiger partial charge in [-0.2, -0.15) is 0 Å². The summed E-state index contributed by atoms with van der Waals surface area (Å²) < 4.78 is 2.38. The van der Waals surface area contributed by atoms with E-state index in [1.165, 1.54) is 27.4 Å². The van der Waals surface area contributed by atoms with E-state index < -0.39 is 5.54 Å². The number of aryl methyl sites for hydroxylation is 1. The van der Waals surface area contributed by atoms with Crippen molar-refractivity contribution in [2.45, 2.75) is 44.8 Å². The zero-order chi connectivity index (χ0) is 24.7. The van der Waals surface area contributed by atoms with E-state index in [4.69, 9.17) is 0 Å². The first-order valence-electron chi connectivity index (χ1n) is 13.0. The molecule has 1 atom stereocenters. The molecule has 1 unspecified atom stereocenters. The van der Waals surface area contributed by atoms with Crippen molar-refractivity contribution in [1.29, 1.82) is 0 Å². The lowest BCUT2D eigenvalue weighted by Crippen LogP contribution is -2.57. The summed E-state index contributed by atoms with van der Waals surface area (Å²) in [6.07, 6.45) is 2.27. The normalized spacial score (nSPS) is 21.2. The van der Waals surface area contributed by atoms with Crippen LogP contribution in [-0.2, 0) is 24.3 Å². The number of carbonyl (C=O) groups is 2. The topological polar surface area (TPSA) is 66.4 Å². The minimum atomic E-state index is -0.870. The van der Waals surface area contributed by atoms with E-state index in [0.29, 0.717) is 6.42 Å². The Bertz CT molecular complexity index is 1440. The maximum atomic E-state index is 13.0. The van der Waals surface area contributed by atoms with Gasteiger partial charge in [-0.1, -0.05) is 54.6 Å². The monoisotopic (exact) mass is 480 g/mol. The van der Waals surface area contributed by atoms with Crippen molar-refractivity contribution in [1.82, 2.24) is 20.1 Å². The standard InChI is InChI=1S/C30H32N4O2/c1-2-34-26-11-7-6-10-24(26)25-18-22(12-13-27(25)34)20-33-16-14-23(15-17-33)30(28(35)31-29(36)32-30)19-21-8-4-3-5-9-21/h3-13,18,23H,2,14-17,19-20H2,1H3,(H2,31,32,35,36). The predicted octanol–water partition coefficient (Wildman–Crippen LogP) is 4.85. The van der Waals surface area contributed by atoms with E-state index in [1.807, 2.05) is 30.3 Å². The maximum absolute atomic E-state index is 13.0. The Morgan fingerprint density at radius 3 is 2.31 bits per heavy atom. The smallest absolute Gasteiger partial charge is 0.322 e. The van der Waals surface area contributed by atoms with Crippen LogP contribution in [0, 0.1) is 5.92 Å². The van der Waals surface area contributed by atoms with Gasteiger partial charge in [0.05, 0.1) is 0 Å². The molecule has 2 N–H and O–H groups in total. The average Bonchev–Trinajstić information content (AvgIpc) is 3.37. The zero-order valence-electron chi connectivity index (χ0n) is 20.7. The second-order valence-corrected chi connectivity index (χ2v) is 10.2. The Labute approximate surface area is 211 Å². The van der Waals surface area contributed by atoms with Crippen molar-refractivity contribution >= 4 is 33.7 Å². The number of rotatable bonds is 6. The molecule has 0 spiro atoms. The van der Waals surface area contributed by atoms with Crippen LogP contribution >= 0.6 is 0 Å². The van der Waals surface area contributed by atoms with Gasteiger partial charge in [0, 0.05) is 41.3 Å². The van der Waals surface area contributed by atoms with Crippen molar-refractivity contribution in [2.24, 2.45) is 5.92 Å². The van der Waals surface area contributed by atoms with E-state index in [9.17, 15) is 9.59 Å². The molecule has 0 bridgehead atoms. The van der Waals surface area contributed by atoms with Crippen LogP contribution in [0.5, 0.6) is 0 Å². The first-order valence-corrected chi connectivity index (χ1v) is 13.0. The molecule has 0 radical (unpaired) electrons. The Morgan fingerprint density at radius 2 is 1.58 bits per heavy atom. The summed E-state index contributed by atoms with van der Waals surface area (Å²) in [5.41, 5.74) is 4.08. The highest BCUT2D eigenvalue weighted by atomic mass is 16.2. The molecule has 6 nitrogen and oxygen atoms in total. The Kier molecular flexibility index (Phi) is 5.76. The number of nitrogens with zero attached hydrogens (tertiary/aromatic N) is 2. The number of benzene rings is 3. The number of piperidine rings is 1. The molecule has 3 aromatic carbocycles. The number of fused-ring (bicyclic) bond motifs is 3. The number of nitrogens with one attached hydrogen (secondary N) is 2. The van der Waals surface area contributed by atoms with Crippen LogP contribution < -0.4 is 10.6 Å². The Hall–Kier alpha value is -3.64. The van der Waals surface area contributed by atoms with Gasteiger partial charge in [0.2, 0.25) is 0 Å². The summed E-state index contributed by atoms with van der Waals surface area (Å²) in [7, 11) is 0. The largest absolute Gasteiger partial charge is 0.341 e. The number of amides is 3. The van der Waals surface area contributed by atoms with Crippen molar-refractivity contribution in [3.8, 4) is 0 Å². The van der Waals surface area contributed by atoms with Crippen molar-refractivity contribution in [2.75, 3.05) is 13.1 Å². The number of hydrogen-bond acceptors (Lipinski definition) is 3. The highest BCUT2D eigenvalue weighted by Gasteiger charge is 2.52. The van der Waals surface area contributed by atoms with Crippen LogP contribution in [0.15, 0.2) is 72.8 Å². The van der Waals surface area contributed by atoms with Crippen molar-refractivity contribution in [3.05, 3.63) is 83.9 Å². The van der Waals surface area contributed by atoms with Gasteiger partial charge in [0.25, 0.3) is 5.91 Å². The fraction of sp³-hybridized carbons (Fsp3) is 0.333. The molecule has 6 heteroatoms. The molecule has 0 saturated carbocycles. The summed E-state index contributed by atoms with van der Waals surface area (Å²) in [6, 6.07) is 25.1. The quantitative estimate of drug-likeness (QED) is 0.388. The van der Waals surface area contributed by atoms with E-state index in [1.54, 1.807) is 0 Å². The molecule has 3 heterocycles. The molecule has 0 aliphatic carbocycles. The molecular weight excluding hydrogens is 448 g/mol. The van der Waals surface area contributed by atoms with Gasteiger partial charge in [0.1, 0.15) is 5.54 Å². The Balaban J connectivity index is 1.20. The lowest BCUT2D eigenvalue weighted by Gasteiger charge is -2.40. The number of aromatic nitrogens is 1. The van der Waals surface area contributed by atoms with Crippen LogP contribution in [0.4, 0.5) is 4.79 Å². The Morgan fingerprint density at radius 1 is 0.861 bits per heavy atom. The van der Waals surface area contributed by atoms with Crippen LogP contribution in [-0.4, -0.2) is 40.0 Å². The fourth-order valence-electron chi connectivity index (χ4n) is 6.36. The number of urea groups is 1. The predicted molar refractivity (Wildman–Crippen MR) is 143 cm³/mol. The van der Waals surface area contributed by atoms with Crippen LogP contribution in [0.3, 0.4) is 0 Å². The zero-order valence-corrected chi connectivity index (χ0v) is 20.7. The number of hydrogen-bond donors (Lipinski definition) is 2. The van der Waals surface area contributed by atoms with E-state index in [2.05, 4.69) is 69.5 Å². The third kappa shape index (κ3) is 3.86. The maximum Gasteiger partial charge on any atom is 0.322 e. The van der Waals surface area contributed by atoms with Gasteiger partial charge in [-0.15, -0.1) is 0 Å². The lowest BCUT2D eigenvalue weighted by molar-refractivity contribution is -0.126. The number of carbonyl (C=O) groups excluding carboxylic acids is 2. The lowest BCUT2D eigenvalue weighted by atomic mass is 9.74. The highest BCUT2D eigenvalue weighted by Crippen LogP contribution is 2.35. The van der Waals surface area contributed by atoms with Crippen LogP contribution in [0.2, 0.25) is 0 Å². The summed E-state index contributed by atoms with van der Waals surface area (Å²) in [5, 5.41) is 8.15. The molecule has 1 aromatic heterocycles. The molecule has 2 aliphatic heterocycles. The second kappa shape index (κ2) is 9.10. The van der Waals surface area contributed by atoms with Crippen LogP contribution in [0.1, 0.15) is 30.9 Å². The molecule has 2 fully saturated rings. The van der Waals surface area contributed by atoms with Gasteiger partial charge < -0.3 is 9.88 Å². The molecule has 3 amide bonds. The van der Waals surface area contributed by atoms with Crippen LogP contribution in [0.25, 0.3) is 21.8 Å². The minimum Gasteiger partial charge on any atom is -0.341 e. The molecular formula is C30H32N4O2. The SMILES string of the molecule is CCn1c2ccccc2c2cc(CN3CCC(C4(Cc5ccccc5)NC(=O)NC4=O)CC3)ccc21. The van der Waals surface area contributed by atoms with E-state index in [0.717, 1.165) is 44.6 Å². The average molecular weight is 481 g/mol. The fourth-order valence-corrected chi connectivity index (χ4v) is 6.36. The first kappa shape index (κ1) is 22.8. The van der Waals surface area contributed by atoms with Gasteiger partial charge in [-0.3, -0.25) is 15.0 Å². The second-order valence-electron chi connectivity index (χ2n) is 10.2. The number of likely N-dealkylation sites (tertiary alicyclic amines) is 1. The molecule has 2 aliphatic rings. The summed E-state index contributed by atoms with van der Waals surface area (Å²) in [6.45, 7) is 5.84. The third-order valence-electron chi connectivity index (χ3n) is 8.14. The summed E-state index contributed by atoms with van der Waals surface area (Å²) in [5.74, 6) is -0.0852. The molecule has 184 valence electrons. The van der Waals surface area contributed by atoms with Gasteiger partial charge in [-0.25, -0.2) is 4.79 Å². The highest BCUT2D eigenvalue weighted by molar-refractivity contribution is 6.08. The molecule has 4 aromatic rings. The van der Waals surface area contributed by atoms with Crippen molar-refractivity contribution in [3.63, 3.8) is 0 Å². The van der Waals surface area contributed by atoms with E-state index >= 15 is 0 Å². The van der Waals surface area contributed by atoms with Gasteiger partial charge in [0.15, 0.2) is 0 Å². The molecule has 2 saturated heterocycles. The molecule has 6 rings (SSSR count). The van der Waals surface area contributed by atoms with E-state index in [-0.39, 0.29) is 17.9 Å². The third-order valence-corrected chi connectivity index (χ3v) is 8.14. The number of para-hydroxylation sites is 1. The molecule has 36 heavy (non-hydrogen) atoms. The summed E-state index contributed by atoms with van der Waals surface area (Å²) in [4.78, 5) is 27.7. The van der Waals surface area contributed by atoms with Gasteiger partial charge in [-0.05, 0) is 68.1 Å². The summed E-state index contributed by atoms with van der Waals surface area (Å²) >= 11 is 0. The van der Waals surface area contributed by atoms with Gasteiger partial charge >= 0.3 is 6.03 Å². The minimum absolute atomic E-state index is 0.102.